The van der Waals surface area contributed by atoms with E-state index in [1.54, 1.807) is 12.1 Å². The van der Waals surface area contributed by atoms with Crippen molar-refractivity contribution in [2.75, 3.05) is 26.7 Å². The van der Waals surface area contributed by atoms with E-state index in [1.807, 2.05) is 6.07 Å². The van der Waals surface area contributed by atoms with E-state index in [-0.39, 0.29) is 17.6 Å². The van der Waals surface area contributed by atoms with Crippen molar-refractivity contribution in [2.45, 2.75) is 32.2 Å². The van der Waals surface area contributed by atoms with E-state index in [9.17, 15) is 4.39 Å². The van der Waals surface area contributed by atoms with Crippen LogP contribution >= 0.6 is 0 Å². The third-order valence-electron chi connectivity index (χ3n) is 4.35. The summed E-state index contributed by atoms with van der Waals surface area (Å²) in [5.41, 5.74) is 6.88. The van der Waals surface area contributed by atoms with Gasteiger partial charge in [0.25, 0.3) is 0 Å². The second-order valence-corrected chi connectivity index (χ2v) is 5.53. The predicted molar refractivity (Wildman–Crippen MR) is 79.3 cm³/mol. The van der Waals surface area contributed by atoms with Crippen LogP contribution in [0, 0.1) is 11.7 Å². The Labute approximate surface area is 120 Å². The average Bonchev–Trinajstić information content (AvgIpc) is 2.41. The maximum absolute atomic E-state index is 13.9. The molecule has 3 nitrogen and oxygen atoms in total. The summed E-state index contributed by atoms with van der Waals surface area (Å²) in [7, 11) is 1.48. The molecule has 0 saturated heterocycles. The van der Waals surface area contributed by atoms with E-state index in [0.29, 0.717) is 6.54 Å². The molecular weight excluding hydrogens is 255 g/mol. The Morgan fingerprint density at radius 2 is 2.20 bits per heavy atom. The second kappa shape index (κ2) is 7.04. The maximum atomic E-state index is 13.9. The zero-order valence-electron chi connectivity index (χ0n) is 12.4. The molecule has 1 aliphatic carbocycles. The SMILES string of the molecule is CCN(CC1CCC1)C(CN)c1ccc(OC)c(F)c1. The Kier molecular flexibility index (Phi) is 5.38. The highest BCUT2D eigenvalue weighted by molar-refractivity contribution is 5.31. The summed E-state index contributed by atoms with van der Waals surface area (Å²) in [5, 5.41) is 0. The van der Waals surface area contributed by atoms with Gasteiger partial charge in [-0.05, 0) is 43.0 Å². The van der Waals surface area contributed by atoms with Gasteiger partial charge in [0.2, 0.25) is 0 Å². The summed E-state index contributed by atoms with van der Waals surface area (Å²) in [4.78, 5) is 2.37. The van der Waals surface area contributed by atoms with Crippen LogP contribution < -0.4 is 10.5 Å². The minimum Gasteiger partial charge on any atom is -0.494 e. The Bertz CT molecular complexity index is 434. The lowest BCUT2D eigenvalue weighted by atomic mass is 9.84. The largest absolute Gasteiger partial charge is 0.494 e. The topological polar surface area (TPSA) is 38.5 Å². The van der Waals surface area contributed by atoms with Crippen LogP contribution in [-0.4, -0.2) is 31.6 Å². The van der Waals surface area contributed by atoms with Gasteiger partial charge in [-0.25, -0.2) is 4.39 Å². The Balaban J connectivity index is 2.14. The monoisotopic (exact) mass is 280 g/mol. The smallest absolute Gasteiger partial charge is 0.165 e. The molecule has 1 atom stereocenters. The summed E-state index contributed by atoms with van der Waals surface area (Å²) in [6.45, 7) is 4.64. The zero-order valence-corrected chi connectivity index (χ0v) is 12.4. The van der Waals surface area contributed by atoms with E-state index >= 15 is 0 Å². The molecule has 0 spiro atoms. The van der Waals surface area contributed by atoms with Crippen LogP contribution in [0.1, 0.15) is 37.8 Å². The van der Waals surface area contributed by atoms with Crippen LogP contribution in [0.15, 0.2) is 18.2 Å². The third kappa shape index (κ3) is 3.30. The Morgan fingerprint density at radius 1 is 1.45 bits per heavy atom. The average molecular weight is 280 g/mol. The van der Waals surface area contributed by atoms with E-state index in [0.717, 1.165) is 24.6 Å². The first kappa shape index (κ1) is 15.3. The van der Waals surface area contributed by atoms with Gasteiger partial charge >= 0.3 is 0 Å². The highest BCUT2D eigenvalue weighted by atomic mass is 19.1. The number of likely N-dealkylation sites (N-methyl/N-ethyl adjacent to an activating group) is 1. The van der Waals surface area contributed by atoms with Gasteiger partial charge in [-0.1, -0.05) is 19.4 Å². The molecule has 112 valence electrons. The number of rotatable bonds is 7. The van der Waals surface area contributed by atoms with Crippen molar-refractivity contribution in [2.24, 2.45) is 11.7 Å². The van der Waals surface area contributed by atoms with Crippen LogP contribution in [0.3, 0.4) is 0 Å². The lowest BCUT2D eigenvalue weighted by Gasteiger charge is -2.36. The van der Waals surface area contributed by atoms with Gasteiger partial charge in [0, 0.05) is 19.1 Å². The quantitative estimate of drug-likeness (QED) is 0.834. The van der Waals surface area contributed by atoms with Crippen molar-refractivity contribution in [1.29, 1.82) is 0 Å². The van der Waals surface area contributed by atoms with E-state index in [1.165, 1.54) is 26.4 Å². The van der Waals surface area contributed by atoms with Crippen molar-refractivity contribution < 1.29 is 9.13 Å². The molecule has 1 saturated carbocycles. The van der Waals surface area contributed by atoms with Crippen LogP contribution in [0.5, 0.6) is 5.75 Å². The van der Waals surface area contributed by atoms with Crippen molar-refractivity contribution >= 4 is 0 Å². The maximum Gasteiger partial charge on any atom is 0.165 e. The number of hydrogen-bond donors (Lipinski definition) is 1. The highest BCUT2D eigenvalue weighted by Gasteiger charge is 2.25. The first-order valence-electron chi connectivity index (χ1n) is 7.47. The molecule has 0 bridgehead atoms. The van der Waals surface area contributed by atoms with Crippen LogP contribution in [0.2, 0.25) is 0 Å². The van der Waals surface area contributed by atoms with Gasteiger partial charge in [0.15, 0.2) is 11.6 Å². The van der Waals surface area contributed by atoms with Crippen LogP contribution in [0.4, 0.5) is 4.39 Å². The van der Waals surface area contributed by atoms with E-state index in [2.05, 4.69) is 11.8 Å². The molecule has 4 heteroatoms. The molecule has 0 aliphatic heterocycles. The fraction of sp³-hybridized carbons (Fsp3) is 0.625. The van der Waals surface area contributed by atoms with Crippen molar-refractivity contribution in [3.63, 3.8) is 0 Å². The lowest BCUT2D eigenvalue weighted by Crippen LogP contribution is -2.38. The predicted octanol–water partition coefficient (Wildman–Crippen LogP) is 2.96. The molecule has 1 unspecified atom stereocenters. The summed E-state index contributed by atoms with van der Waals surface area (Å²) in [5.74, 6) is 0.752. The lowest BCUT2D eigenvalue weighted by molar-refractivity contribution is 0.141. The molecule has 2 N–H and O–H groups in total. The first-order valence-corrected chi connectivity index (χ1v) is 7.47. The molecule has 1 aliphatic rings. The van der Waals surface area contributed by atoms with E-state index in [4.69, 9.17) is 10.5 Å². The van der Waals surface area contributed by atoms with Gasteiger partial charge < -0.3 is 10.5 Å². The van der Waals surface area contributed by atoms with Gasteiger partial charge in [0.05, 0.1) is 7.11 Å². The summed E-state index contributed by atoms with van der Waals surface area (Å²) in [6.07, 6.45) is 3.96. The van der Waals surface area contributed by atoms with Gasteiger partial charge in [-0.3, -0.25) is 4.90 Å². The van der Waals surface area contributed by atoms with Gasteiger partial charge in [-0.15, -0.1) is 0 Å². The first-order chi connectivity index (χ1) is 9.69. The molecule has 0 amide bonds. The molecular formula is C16H25FN2O. The number of halogens is 1. The number of nitrogens with zero attached hydrogens (tertiary/aromatic N) is 1. The number of methoxy groups -OCH3 is 1. The summed E-state index contributed by atoms with van der Waals surface area (Å²) >= 11 is 0. The van der Waals surface area contributed by atoms with Crippen molar-refractivity contribution in [3.8, 4) is 5.75 Å². The fourth-order valence-electron chi connectivity index (χ4n) is 2.87. The molecule has 1 fully saturated rings. The van der Waals surface area contributed by atoms with Crippen molar-refractivity contribution in [1.82, 2.24) is 4.90 Å². The molecule has 20 heavy (non-hydrogen) atoms. The normalized spacial score (nSPS) is 17.1. The molecule has 2 rings (SSSR count). The molecule has 0 radical (unpaired) electrons. The van der Waals surface area contributed by atoms with Gasteiger partial charge in [-0.2, -0.15) is 0 Å². The third-order valence-corrected chi connectivity index (χ3v) is 4.35. The summed E-state index contributed by atoms with van der Waals surface area (Å²) in [6, 6.07) is 5.24. The molecule has 1 aromatic rings. The molecule has 1 aromatic carbocycles. The van der Waals surface area contributed by atoms with Crippen LogP contribution in [0.25, 0.3) is 0 Å². The minimum atomic E-state index is -0.317. The fourth-order valence-corrected chi connectivity index (χ4v) is 2.87. The van der Waals surface area contributed by atoms with Crippen molar-refractivity contribution in [3.05, 3.63) is 29.6 Å². The standard InChI is InChI=1S/C16H25FN2O/c1-3-19(11-12-5-4-6-12)15(10-18)13-7-8-16(20-2)14(17)9-13/h7-9,12,15H,3-6,10-11,18H2,1-2H3. The van der Waals surface area contributed by atoms with Gasteiger partial charge in [0.1, 0.15) is 0 Å². The Hall–Kier alpha value is -1.13. The number of benzene rings is 1. The Morgan fingerprint density at radius 3 is 2.65 bits per heavy atom. The summed E-state index contributed by atoms with van der Waals surface area (Å²) < 4.78 is 18.8. The number of nitrogens with two attached hydrogens (primary N) is 1. The number of hydrogen-bond acceptors (Lipinski definition) is 3. The second-order valence-electron chi connectivity index (χ2n) is 5.53. The minimum absolute atomic E-state index is 0.0843. The number of ether oxygens (including phenoxy) is 1. The highest BCUT2D eigenvalue weighted by Crippen LogP contribution is 2.31. The van der Waals surface area contributed by atoms with Crippen LogP contribution in [-0.2, 0) is 0 Å². The molecule has 0 heterocycles. The van der Waals surface area contributed by atoms with E-state index < -0.39 is 0 Å². The zero-order chi connectivity index (χ0) is 14.5. The molecule has 0 aromatic heterocycles.